The number of rotatable bonds is 3. The minimum Gasteiger partial charge on any atom is -0.466 e. The second kappa shape index (κ2) is 6.19. The maximum Gasteiger partial charge on any atom is 0.310 e. The Labute approximate surface area is 112 Å². The van der Waals surface area contributed by atoms with Crippen LogP contribution in [0.4, 0.5) is 5.82 Å². The van der Waals surface area contributed by atoms with Crippen molar-refractivity contribution in [3.05, 3.63) is 23.9 Å². The number of esters is 1. The molecule has 0 radical (unpaired) electrons. The highest BCUT2D eigenvalue weighted by atomic mass is 16.5. The zero-order chi connectivity index (χ0) is 13.7. The standard InChI is InChI=1S/C14H17N3O2/c1-2-19-14(18)11-5-4-8-17(10-11)13-7-3-6-12(9-15)16-13/h3,6-7,11H,2,4-5,8,10H2,1H3. The number of hydrogen-bond acceptors (Lipinski definition) is 5. The van der Waals surface area contributed by atoms with Gasteiger partial charge in [-0.3, -0.25) is 4.79 Å². The number of ether oxygens (including phenoxy) is 1. The van der Waals surface area contributed by atoms with Gasteiger partial charge >= 0.3 is 5.97 Å². The Hall–Kier alpha value is -2.09. The van der Waals surface area contributed by atoms with Gasteiger partial charge in [-0.15, -0.1) is 0 Å². The average molecular weight is 259 g/mol. The van der Waals surface area contributed by atoms with Crippen molar-refractivity contribution in [2.45, 2.75) is 19.8 Å². The lowest BCUT2D eigenvalue weighted by molar-refractivity contribution is -0.148. The molecule has 0 aliphatic carbocycles. The van der Waals surface area contributed by atoms with Crippen molar-refractivity contribution in [1.82, 2.24) is 4.98 Å². The highest BCUT2D eigenvalue weighted by Crippen LogP contribution is 2.22. The minimum absolute atomic E-state index is 0.0961. The first-order valence-electron chi connectivity index (χ1n) is 6.53. The molecule has 1 aliphatic rings. The highest BCUT2D eigenvalue weighted by molar-refractivity contribution is 5.73. The number of carbonyl (C=O) groups excluding carboxylic acids is 1. The van der Waals surface area contributed by atoms with Crippen molar-refractivity contribution in [3.8, 4) is 6.07 Å². The number of anilines is 1. The molecule has 0 N–H and O–H groups in total. The summed E-state index contributed by atoms with van der Waals surface area (Å²) in [5.74, 6) is 0.526. The normalized spacial score (nSPS) is 18.7. The summed E-state index contributed by atoms with van der Waals surface area (Å²) in [6.45, 7) is 3.70. The largest absolute Gasteiger partial charge is 0.466 e. The second-order valence-electron chi connectivity index (χ2n) is 4.53. The van der Waals surface area contributed by atoms with E-state index < -0.39 is 0 Å². The van der Waals surface area contributed by atoms with E-state index in [4.69, 9.17) is 10.00 Å². The Morgan fingerprint density at radius 1 is 1.63 bits per heavy atom. The first-order valence-corrected chi connectivity index (χ1v) is 6.53. The van der Waals surface area contributed by atoms with Crippen LogP contribution in [0.1, 0.15) is 25.5 Å². The fraction of sp³-hybridized carbons (Fsp3) is 0.500. The molecule has 5 nitrogen and oxygen atoms in total. The molecule has 1 aromatic rings. The molecule has 0 amide bonds. The molecule has 1 fully saturated rings. The predicted octanol–water partition coefficient (Wildman–Crippen LogP) is 1.73. The lowest BCUT2D eigenvalue weighted by Gasteiger charge is -2.32. The van der Waals surface area contributed by atoms with Crippen LogP contribution in [-0.4, -0.2) is 30.6 Å². The van der Waals surface area contributed by atoms with E-state index in [0.29, 0.717) is 18.8 Å². The molecule has 1 saturated heterocycles. The number of nitrogens with zero attached hydrogens (tertiary/aromatic N) is 3. The van der Waals surface area contributed by atoms with Crippen LogP contribution in [0.3, 0.4) is 0 Å². The number of aromatic nitrogens is 1. The van der Waals surface area contributed by atoms with Crippen LogP contribution in [0, 0.1) is 17.2 Å². The highest BCUT2D eigenvalue weighted by Gasteiger charge is 2.27. The van der Waals surface area contributed by atoms with E-state index in [0.717, 1.165) is 25.2 Å². The number of pyridine rings is 1. The van der Waals surface area contributed by atoms with Gasteiger partial charge in [-0.2, -0.15) is 5.26 Å². The minimum atomic E-state index is -0.136. The smallest absolute Gasteiger partial charge is 0.310 e. The van der Waals surface area contributed by atoms with Gasteiger partial charge in [-0.1, -0.05) is 6.07 Å². The third kappa shape index (κ3) is 3.22. The van der Waals surface area contributed by atoms with E-state index in [9.17, 15) is 4.79 Å². The van der Waals surface area contributed by atoms with Gasteiger partial charge in [0.05, 0.1) is 12.5 Å². The summed E-state index contributed by atoms with van der Waals surface area (Å²) in [4.78, 5) is 18.1. The molecule has 0 aromatic carbocycles. The topological polar surface area (TPSA) is 66.2 Å². The maximum absolute atomic E-state index is 11.8. The molecule has 2 rings (SSSR count). The summed E-state index contributed by atoms with van der Waals surface area (Å²) < 4.78 is 5.07. The molecule has 0 bridgehead atoms. The van der Waals surface area contributed by atoms with Gasteiger partial charge in [0.1, 0.15) is 17.6 Å². The summed E-state index contributed by atoms with van der Waals surface area (Å²) in [5, 5.41) is 8.87. The van der Waals surface area contributed by atoms with E-state index in [-0.39, 0.29) is 11.9 Å². The van der Waals surface area contributed by atoms with Gasteiger partial charge < -0.3 is 9.64 Å². The van der Waals surface area contributed by atoms with E-state index >= 15 is 0 Å². The summed E-state index contributed by atoms with van der Waals surface area (Å²) in [6.07, 6.45) is 1.79. The molecular formula is C14H17N3O2. The van der Waals surface area contributed by atoms with Gasteiger partial charge in [0.15, 0.2) is 0 Å². The lowest BCUT2D eigenvalue weighted by Crippen LogP contribution is -2.39. The van der Waals surface area contributed by atoms with Crippen molar-refractivity contribution in [2.75, 3.05) is 24.6 Å². The Balaban J connectivity index is 2.08. The van der Waals surface area contributed by atoms with Crippen molar-refractivity contribution in [2.24, 2.45) is 5.92 Å². The Kier molecular flexibility index (Phi) is 4.35. The molecule has 1 aromatic heterocycles. The molecule has 19 heavy (non-hydrogen) atoms. The molecule has 0 saturated carbocycles. The van der Waals surface area contributed by atoms with Crippen LogP contribution >= 0.6 is 0 Å². The van der Waals surface area contributed by atoms with Gasteiger partial charge in [0, 0.05) is 13.1 Å². The number of nitriles is 1. The lowest BCUT2D eigenvalue weighted by atomic mass is 9.98. The van der Waals surface area contributed by atoms with Crippen molar-refractivity contribution in [1.29, 1.82) is 5.26 Å². The molecule has 0 spiro atoms. The second-order valence-corrected chi connectivity index (χ2v) is 4.53. The first kappa shape index (κ1) is 13.3. The number of hydrogen-bond donors (Lipinski definition) is 0. The molecule has 5 heteroatoms. The van der Waals surface area contributed by atoms with E-state index in [1.807, 2.05) is 30.0 Å². The predicted molar refractivity (Wildman–Crippen MR) is 70.5 cm³/mol. The maximum atomic E-state index is 11.8. The zero-order valence-electron chi connectivity index (χ0n) is 11.0. The first-order chi connectivity index (χ1) is 9.24. The van der Waals surface area contributed by atoms with Crippen molar-refractivity contribution < 1.29 is 9.53 Å². The molecule has 1 unspecified atom stereocenters. The molecular weight excluding hydrogens is 242 g/mol. The third-order valence-corrected chi connectivity index (χ3v) is 3.21. The molecule has 1 atom stereocenters. The molecule has 1 aliphatic heterocycles. The summed E-state index contributed by atoms with van der Waals surface area (Å²) >= 11 is 0. The third-order valence-electron chi connectivity index (χ3n) is 3.21. The van der Waals surface area contributed by atoms with Gasteiger partial charge in [0.2, 0.25) is 0 Å². The summed E-state index contributed by atoms with van der Waals surface area (Å²) in [7, 11) is 0. The summed E-state index contributed by atoms with van der Waals surface area (Å²) in [6, 6.07) is 7.39. The quantitative estimate of drug-likeness (QED) is 0.773. The zero-order valence-corrected chi connectivity index (χ0v) is 11.0. The molecule has 2 heterocycles. The van der Waals surface area contributed by atoms with Crippen molar-refractivity contribution in [3.63, 3.8) is 0 Å². The van der Waals surface area contributed by atoms with Crippen LogP contribution in [0.5, 0.6) is 0 Å². The number of carbonyl (C=O) groups is 1. The van der Waals surface area contributed by atoms with Crippen LogP contribution < -0.4 is 4.90 Å². The van der Waals surface area contributed by atoms with Crippen molar-refractivity contribution >= 4 is 11.8 Å². The van der Waals surface area contributed by atoms with Gasteiger partial charge in [-0.05, 0) is 31.9 Å². The molecule has 100 valence electrons. The Bertz CT molecular complexity index is 496. The van der Waals surface area contributed by atoms with E-state index in [1.165, 1.54) is 0 Å². The summed E-state index contributed by atoms with van der Waals surface area (Å²) in [5.41, 5.74) is 0.399. The van der Waals surface area contributed by atoms with Crippen LogP contribution in [0.2, 0.25) is 0 Å². The Morgan fingerprint density at radius 3 is 3.21 bits per heavy atom. The fourth-order valence-corrected chi connectivity index (χ4v) is 2.30. The number of piperidine rings is 1. The van der Waals surface area contributed by atoms with Crippen LogP contribution in [0.15, 0.2) is 18.2 Å². The van der Waals surface area contributed by atoms with Gasteiger partial charge in [-0.25, -0.2) is 4.98 Å². The SMILES string of the molecule is CCOC(=O)C1CCCN(c2cccc(C#N)n2)C1. The average Bonchev–Trinajstić information content (AvgIpc) is 2.48. The van der Waals surface area contributed by atoms with Crippen LogP contribution in [0.25, 0.3) is 0 Å². The van der Waals surface area contributed by atoms with E-state index in [1.54, 1.807) is 6.07 Å². The van der Waals surface area contributed by atoms with Crippen LogP contribution in [-0.2, 0) is 9.53 Å². The van der Waals surface area contributed by atoms with Gasteiger partial charge in [0.25, 0.3) is 0 Å². The van der Waals surface area contributed by atoms with E-state index in [2.05, 4.69) is 4.98 Å². The fourth-order valence-electron chi connectivity index (χ4n) is 2.30. The monoisotopic (exact) mass is 259 g/mol. The Morgan fingerprint density at radius 2 is 2.47 bits per heavy atom.